The number of benzene rings is 2. The van der Waals surface area contributed by atoms with Crippen molar-refractivity contribution in [2.24, 2.45) is 0 Å². The van der Waals surface area contributed by atoms with E-state index in [1.165, 1.54) is 0 Å². The SMILES string of the molecule is O[C@@H](c1ccc2ccccc2n1)c1c(Cl)cccc1Cl. The molecule has 0 aliphatic carbocycles. The maximum atomic E-state index is 10.5. The molecule has 0 unspecified atom stereocenters. The van der Waals surface area contributed by atoms with E-state index in [9.17, 15) is 5.11 Å². The maximum Gasteiger partial charge on any atom is 0.124 e. The van der Waals surface area contributed by atoms with Gasteiger partial charge in [-0.25, -0.2) is 4.98 Å². The van der Waals surface area contributed by atoms with Gasteiger partial charge in [-0.15, -0.1) is 0 Å². The first-order chi connectivity index (χ1) is 9.66. The van der Waals surface area contributed by atoms with Crippen molar-refractivity contribution in [2.75, 3.05) is 0 Å². The summed E-state index contributed by atoms with van der Waals surface area (Å²) in [6.45, 7) is 0. The van der Waals surface area contributed by atoms with Crippen LogP contribution in [0.1, 0.15) is 17.4 Å². The van der Waals surface area contributed by atoms with Crippen molar-refractivity contribution >= 4 is 34.1 Å². The Hall–Kier alpha value is -1.61. The minimum absolute atomic E-state index is 0.431. The summed E-state index contributed by atoms with van der Waals surface area (Å²) in [7, 11) is 0. The molecule has 100 valence electrons. The molecule has 2 nitrogen and oxygen atoms in total. The van der Waals surface area contributed by atoms with Gasteiger partial charge in [-0.3, -0.25) is 0 Å². The van der Waals surface area contributed by atoms with Crippen molar-refractivity contribution in [3.63, 3.8) is 0 Å². The number of fused-ring (bicyclic) bond motifs is 1. The average Bonchev–Trinajstić information content (AvgIpc) is 2.46. The topological polar surface area (TPSA) is 33.1 Å². The monoisotopic (exact) mass is 303 g/mol. The van der Waals surface area contributed by atoms with Crippen LogP contribution < -0.4 is 0 Å². The van der Waals surface area contributed by atoms with E-state index in [0.29, 0.717) is 21.3 Å². The Morgan fingerprint density at radius 3 is 2.30 bits per heavy atom. The van der Waals surface area contributed by atoms with Gasteiger partial charge in [-0.05, 0) is 24.3 Å². The Morgan fingerprint density at radius 1 is 0.850 bits per heavy atom. The molecule has 0 saturated heterocycles. The minimum atomic E-state index is -0.944. The average molecular weight is 304 g/mol. The van der Waals surface area contributed by atoms with E-state index >= 15 is 0 Å². The van der Waals surface area contributed by atoms with E-state index in [2.05, 4.69) is 4.98 Å². The second-order valence-corrected chi connectivity index (χ2v) is 5.28. The summed E-state index contributed by atoms with van der Waals surface area (Å²) in [5.41, 5.74) is 1.84. The van der Waals surface area contributed by atoms with Crippen LogP contribution in [0.4, 0.5) is 0 Å². The molecular formula is C16H11Cl2NO. The molecule has 0 spiro atoms. The van der Waals surface area contributed by atoms with Crippen molar-refractivity contribution in [3.05, 3.63) is 75.9 Å². The van der Waals surface area contributed by atoms with Crippen LogP contribution in [0.3, 0.4) is 0 Å². The highest BCUT2D eigenvalue weighted by atomic mass is 35.5. The summed E-state index contributed by atoms with van der Waals surface area (Å²) in [4.78, 5) is 4.47. The zero-order valence-electron chi connectivity index (χ0n) is 10.4. The summed E-state index contributed by atoms with van der Waals surface area (Å²) in [6.07, 6.45) is -0.944. The molecule has 1 aromatic heterocycles. The molecule has 2 aromatic carbocycles. The number of pyridine rings is 1. The van der Waals surface area contributed by atoms with Gasteiger partial charge < -0.3 is 5.11 Å². The van der Waals surface area contributed by atoms with Crippen LogP contribution in [-0.2, 0) is 0 Å². The highest BCUT2D eigenvalue weighted by Crippen LogP contribution is 2.33. The molecule has 0 fully saturated rings. The minimum Gasteiger partial charge on any atom is -0.382 e. The van der Waals surface area contributed by atoms with Crippen LogP contribution in [0.15, 0.2) is 54.6 Å². The molecule has 3 rings (SSSR count). The Morgan fingerprint density at radius 2 is 1.55 bits per heavy atom. The zero-order valence-corrected chi connectivity index (χ0v) is 11.9. The first-order valence-electron chi connectivity index (χ1n) is 6.14. The van der Waals surface area contributed by atoms with Crippen molar-refractivity contribution in [1.82, 2.24) is 4.98 Å². The van der Waals surface area contributed by atoms with Crippen LogP contribution in [0.25, 0.3) is 10.9 Å². The normalized spacial score (nSPS) is 12.6. The third-order valence-corrected chi connectivity index (χ3v) is 3.83. The molecule has 20 heavy (non-hydrogen) atoms. The highest BCUT2D eigenvalue weighted by molar-refractivity contribution is 6.36. The number of hydrogen-bond acceptors (Lipinski definition) is 2. The number of halogens is 2. The van der Waals surface area contributed by atoms with E-state index in [-0.39, 0.29) is 0 Å². The van der Waals surface area contributed by atoms with Gasteiger partial charge in [0.25, 0.3) is 0 Å². The van der Waals surface area contributed by atoms with Gasteiger partial charge in [0.05, 0.1) is 11.2 Å². The lowest BCUT2D eigenvalue weighted by molar-refractivity contribution is 0.216. The molecule has 1 heterocycles. The number of aromatic nitrogens is 1. The number of nitrogens with zero attached hydrogens (tertiary/aromatic N) is 1. The summed E-state index contributed by atoms with van der Waals surface area (Å²) < 4.78 is 0. The van der Waals surface area contributed by atoms with Gasteiger partial charge in [0.1, 0.15) is 6.10 Å². The van der Waals surface area contributed by atoms with Gasteiger partial charge in [0.15, 0.2) is 0 Å². The smallest absolute Gasteiger partial charge is 0.124 e. The van der Waals surface area contributed by atoms with E-state index in [1.54, 1.807) is 24.3 Å². The number of rotatable bonds is 2. The summed E-state index contributed by atoms with van der Waals surface area (Å²) >= 11 is 12.2. The van der Waals surface area contributed by atoms with Crippen molar-refractivity contribution in [1.29, 1.82) is 0 Å². The van der Waals surface area contributed by atoms with Gasteiger partial charge in [0, 0.05) is 21.0 Å². The Labute approximate surface area is 126 Å². The van der Waals surface area contributed by atoms with Crippen molar-refractivity contribution < 1.29 is 5.11 Å². The van der Waals surface area contributed by atoms with Crippen LogP contribution in [0.2, 0.25) is 10.0 Å². The van der Waals surface area contributed by atoms with Crippen LogP contribution in [-0.4, -0.2) is 10.1 Å². The third kappa shape index (κ3) is 2.38. The second-order valence-electron chi connectivity index (χ2n) is 4.47. The van der Waals surface area contributed by atoms with Gasteiger partial charge in [-0.2, -0.15) is 0 Å². The van der Waals surface area contributed by atoms with Crippen LogP contribution in [0.5, 0.6) is 0 Å². The summed E-state index contributed by atoms with van der Waals surface area (Å²) in [5, 5.41) is 12.4. The van der Waals surface area contributed by atoms with Crippen molar-refractivity contribution in [2.45, 2.75) is 6.10 Å². The molecule has 0 aliphatic rings. The predicted octanol–water partition coefficient (Wildman–Crippen LogP) is 4.62. The van der Waals surface area contributed by atoms with E-state index in [4.69, 9.17) is 23.2 Å². The fourth-order valence-corrected chi connectivity index (χ4v) is 2.76. The molecule has 4 heteroatoms. The van der Waals surface area contributed by atoms with Crippen LogP contribution >= 0.6 is 23.2 Å². The first-order valence-corrected chi connectivity index (χ1v) is 6.90. The molecular weight excluding hydrogens is 293 g/mol. The molecule has 0 saturated carbocycles. The standard InChI is InChI=1S/C16H11Cl2NO/c17-11-5-3-6-12(18)15(11)16(20)14-9-8-10-4-1-2-7-13(10)19-14/h1-9,16,20H/t16-/m0/s1. The fraction of sp³-hybridized carbons (Fsp3) is 0.0625. The third-order valence-electron chi connectivity index (χ3n) is 3.17. The van der Waals surface area contributed by atoms with Crippen molar-refractivity contribution in [3.8, 4) is 0 Å². The maximum absolute atomic E-state index is 10.5. The van der Waals surface area contributed by atoms with Crippen LogP contribution in [0, 0.1) is 0 Å². The Balaban J connectivity index is 2.10. The first kappa shape index (κ1) is 13.4. The molecule has 1 N–H and O–H groups in total. The predicted molar refractivity (Wildman–Crippen MR) is 82.3 cm³/mol. The van der Waals surface area contributed by atoms with Gasteiger partial charge in [-0.1, -0.05) is 53.5 Å². The number of aliphatic hydroxyl groups excluding tert-OH is 1. The van der Waals surface area contributed by atoms with E-state index < -0.39 is 6.10 Å². The lowest BCUT2D eigenvalue weighted by atomic mass is 10.0. The zero-order chi connectivity index (χ0) is 14.1. The Bertz CT molecular complexity index is 753. The molecule has 0 radical (unpaired) electrons. The lowest BCUT2D eigenvalue weighted by Crippen LogP contribution is -2.04. The quantitative estimate of drug-likeness (QED) is 0.749. The van der Waals surface area contributed by atoms with Gasteiger partial charge in [0.2, 0.25) is 0 Å². The molecule has 0 bridgehead atoms. The molecule has 0 aliphatic heterocycles. The highest BCUT2D eigenvalue weighted by Gasteiger charge is 2.18. The van der Waals surface area contributed by atoms with Gasteiger partial charge >= 0.3 is 0 Å². The molecule has 0 amide bonds. The fourth-order valence-electron chi connectivity index (χ4n) is 2.15. The molecule has 1 atom stereocenters. The molecule has 3 aromatic rings. The lowest BCUT2D eigenvalue weighted by Gasteiger charge is -2.14. The number of para-hydroxylation sites is 1. The van der Waals surface area contributed by atoms with E-state index in [1.807, 2.05) is 30.3 Å². The summed E-state index contributed by atoms with van der Waals surface area (Å²) in [6, 6.07) is 16.6. The number of aliphatic hydroxyl groups is 1. The van der Waals surface area contributed by atoms with E-state index in [0.717, 1.165) is 10.9 Å². The largest absolute Gasteiger partial charge is 0.382 e. The summed E-state index contributed by atoms with van der Waals surface area (Å²) in [5.74, 6) is 0. The number of hydrogen-bond donors (Lipinski definition) is 1. The Kier molecular flexibility index (Phi) is 3.62. The second kappa shape index (κ2) is 5.41.